The number of amides is 1. The maximum atomic E-state index is 14.3. The second-order valence-corrected chi connectivity index (χ2v) is 5.01. The third-order valence-corrected chi connectivity index (χ3v) is 3.79. The van der Waals surface area contributed by atoms with Gasteiger partial charge in [0.2, 0.25) is 0 Å². The summed E-state index contributed by atoms with van der Waals surface area (Å²) >= 11 is 0. The molecule has 1 fully saturated rings. The van der Waals surface area contributed by atoms with Crippen molar-refractivity contribution in [2.45, 2.75) is 49.1 Å². The second kappa shape index (κ2) is 5.10. The van der Waals surface area contributed by atoms with Crippen LogP contribution in [0.15, 0.2) is 0 Å². The van der Waals surface area contributed by atoms with Gasteiger partial charge in [0.25, 0.3) is 5.91 Å². The lowest BCUT2D eigenvalue weighted by Gasteiger charge is -2.52. The van der Waals surface area contributed by atoms with Gasteiger partial charge in [-0.2, -0.15) is 43.9 Å². The molecule has 0 spiro atoms. The number of alkyl halides is 11. The average Bonchev–Trinajstić information content (AvgIpc) is 2.45. The molecule has 24 heavy (non-hydrogen) atoms. The van der Waals surface area contributed by atoms with E-state index in [1.54, 1.807) is 0 Å². The van der Waals surface area contributed by atoms with Crippen LogP contribution in [0.2, 0.25) is 0 Å². The fourth-order valence-corrected chi connectivity index (χ4v) is 2.22. The molecule has 1 rings (SSSR count). The second-order valence-electron chi connectivity index (χ2n) is 5.01. The molecule has 0 heterocycles. The van der Waals surface area contributed by atoms with Crippen LogP contribution < -0.4 is 0 Å². The predicted molar refractivity (Wildman–Crippen MR) is 56.5 cm³/mol. The predicted octanol–water partition coefficient (Wildman–Crippen LogP) is 3.75. The standard InChI is InChI=1S/C11H10F11NO/c1-3-23(4-2)5(24)6(12)7(13,14)9(17,18)11(21,22)10(19,20)8(6,15)16/h3-4H2,1-2H3. The molecule has 1 aliphatic rings. The number of halogens is 11. The van der Waals surface area contributed by atoms with Crippen LogP contribution in [0, 0.1) is 0 Å². The van der Waals surface area contributed by atoms with Crippen molar-refractivity contribution < 1.29 is 53.1 Å². The summed E-state index contributed by atoms with van der Waals surface area (Å²) in [6.45, 7) is 0.213. The van der Waals surface area contributed by atoms with Crippen molar-refractivity contribution in [2.24, 2.45) is 0 Å². The van der Waals surface area contributed by atoms with Crippen LogP contribution in [0.1, 0.15) is 13.8 Å². The molecule has 1 amide bonds. The Bertz CT molecular complexity index is 496. The fourth-order valence-electron chi connectivity index (χ4n) is 2.22. The van der Waals surface area contributed by atoms with Crippen LogP contribution in [-0.2, 0) is 4.79 Å². The minimum Gasteiger partial charge on any atom is -0.340 e. The molecule has 13 heteroatoms. The molecule has 2 nitrogen and oxygen atoms in total. The number of hydrogen-bond donors (Lipinski definition) is 0. The maximum Gasteiger partial charge on any atom is 0.384 e. The van der Waals surface area contributed by atoms with Crippen molar-refractivity contribution in [2.75, 3.05) is 13.1 Å². The zero-order chi connectivity index (χ0) is 19.6. The lowest BCUT2D eigenvalue weighted by atomic mass is 9.71. The Labute approximate surface area is 127 Å². The van der Waals surface area contributed by atoms with Gasteiger partial charge in [-0.25, -0.2) is 4.39 Å². The Hall–Kier alpha value is -1.30. The normalized spacial score (nSPS) is 28.2. The van der Waals surface area contributed by atoms with Gasteiger partial charge >= 0.3 is 35.3 Å². The van der Waals surface area contributed by atoms with Crippen LogP contribution in [0.3, 0.4) is 0 Å². The molecule has 0 atom stereocenters. The van der Waals surface area contributed by atoms with Gasteiger partial charge in [-0.1, -0.05) is 0 Å². The number of hydrogen-bond acceptors (Lipinski definition) is 1. The first-order chi connectivity index (χ1) is 10.4. The molecule has 142 valence electrons. The molecule has 0 radical (unpaired) electrons. The summed E-state index contributed by atoms with van der Waals surface area (Å²) in [7, 11) is 0. The lowest BCUT2D eigenvalue weighted by Crippen LogP contribution is -2.86. The van der Waals surface area contributed by atoms with Crippen LogP contribution >= 0.6 is 0 Å². The number of nitrogens with zero attached hydrogens (tertiary/aromatic N) is 1. The molecule has 0 N–H and O–H groups in total. The number of carbonyl (C=O) groups excluding carboxylic acids is 1. The van der Waals surface area contributed by atoms with Gasteiger partial charge in [-0.3, -0.25) is 4.79 Å². The zero-order valence-electron chi connectivity index (χ0n) is 11.9. The van der Waals surface area contributed by atoms with E-state index in [9.17, 15) is 53.1 Å². The van der Waals surface area contributed by atoms with E-state index in [1.165, 1.54) is 0 Å². The molecule has 0 aromatic carbocycles. The quantitative estimate of drug-likeness (QED) is 0.682. The summed E-state index contributed by atoms with van der Waals surface area (Å²) in [5.74, 6) is -39.2. The van der Waals surface area contributed by atoms with E-state index >= 15 is 0 Å². The SMILES string of the molecule is CCN(CC)C(=O)C1(F)C(F)(F)C(F)(F)C(F)(F)C(F)(F)C1(F)F. The molecular formula is C11H10F11NO. The van der Waals surface area contributed by atoms with Gasteiger partial charge in [0.1, 0.15) is 0 Å². The van der Waals surface area contributed by atoms with Crippen molar-refractivity contribution in [1.29, 1.82) is 0 Å². The summed E-state index contributed by atoms with van der Waals surface area (Å²) in [6, 6.07) is 0. The van der Waals surface area contributed by atoms with Crippen LogP contribution in [0.25, 0.3) is 0 Å². The molecule has 1 aliphatic carbocycles. The van der Waals surface area contributed by atoms with Crippen molar-refractivity contribution in [3.8, 4) is 0 Å². The van der Waals surface area contributed by atoms with Crippen LogP contribution in [0.4, 0.5) is 48.3 Å². The summed E-state index contributed by atoms with van der Waals surface area (Å²) in [6.07, 6.45) is 0. The monoisotopic (exact) mass is 381 g/mol. The molecule has 0 aromatic rings. The van der Waals surface area contributed by atoms with Gasteiger partial charge in [0, 0.05) is 13.1 Å². The van der Waals surface area contributed by atoms with Gasteiger partial charge in [0.05, 0.1) is 0 Å². The van der Waals surface area contributed by atoms with E-state index in [0.29, 0.717) is 0 Å². The molecule has 0 bridgehead atoms. The van der Waals surface area contributed by atoms with Gasteiger partial charge < -0.3 is 4.90 Å². The fraction of sp³-hybridized carbons (Fsp3) is 0.909. The highest BCUT2D eigenvalue weighted by Crippen LogP contribution is 2.69. The lowest BCUT2D eigenvalue weighted by molar-refractivity contribution is -0.477. The molecule has 0 unspecified atom stereocenters. The van der Waals surface area contributed by atoms with Gasteiger partial charge in [0.15, 0.2) is 0 Å². The Morgan fingerprint density at radius 2 is 0.875 bits per heavy atom. The van der Waals surface area contributed by atoms with Crippen molar-refractivity contribution >= 4 is 5.91 Å². The highest BCUT2D eigenvalue weighted by Gasteiger charge is 3.03. The van der Waals surface area contributed by atoms with E-state index < -0.39 is 54.3 Å². The van der Waals surface area contributed by atoms with E-state index in [2.05, 4.69) is 0 Å². The average molecular weight is 381 g/mol. The van der Waals surface area contributed by atoms with E-state index in [0.717, 1.165) is 13.8 Å². The first kappa shape index (κ1) is 20.7. The van der Waals surface area contributed by atoms with E-state index in [1.807, 2.05) is 0 Å². The molecule has 0 saturated heterocycles. The van der Waals surface area contributed by atoms with E-state index in [4.69, 9.17) is 0 Å². The third kappa shape index (κ3) is 1.81. The summed E-state index contributed by atoms with van der Waals surface area (Å²) in [5, 5.41) is 0. The largest absolute Gasteiger partial charge is 0.384 e. The zero-order valence-corrected chi connectivity index (χ0v) is 11.9. The van der Waals surface area contributed by atoms with Gasteiger partial charge in [-0.05, 0) is 13.8 Å². The van der Waals surface area contributed by atoms with Crippen molar-refractivity contribution in [3.63, 3.8) is 0 Å². The summed E-state index contributed by atoms with van der Waals surface area (Å²) in [5.41, 5.74) is -6.58. The molecule has 1 saturated carbocycles. The third-order valence-electron chi connectivity index (χ3n) is 3.79. The first-order valence-corrected chi connectivity index (χ1v) is 6.30. The van der Waals surface area contributed by atoms with Crippen LogP contribution in [-0.4, -0.2) is 59.2 Å². The van der Waals surface area contributed by atoms with E-state index in [-0.39, 0.29) is 4.90 Å². The van der Waals surface area contributed by atoms with Crippen LogP contribution in [0.5, 0.6) is 0 Å². The van der Waals surface area contributed by atoms with Gasteiger partial charge in [-0.15, -0.1) is 0 Å². The molecule has 0 aliphatic heterocycles. The number of carbonyl (C=O) groups is 1. The summed E-state index contributed by atoms with van der Waals surface area (Å²) in [4.78, 5) is 11.4. The topological polar surface area (TPSA) is 20.3 Å². The first-order valence-electron chi connectivity index (χ1n) is 6.30. The Kier molecular flexibility index (Phi) is 4.41. The Morgan fingerprint density at radius 3 is 1.12 bits per heavy atom. The molecular weight excluding hydrogens is 371 g/mol. The minimum absolute atomic E-state index is 0.211. The highest BCUT2D eigenvalue weighted by molar-refractivity contribution is 5.89. The smallest absolute Gasteiger partial charge is 0.340 e. The number of rotatable bonds is 3. The maximum absolute atomic E-state index is 14.3. The summed E-state index contributed by atoms with van der Waals surface area (Å²) < 4.78 is 147. The Balaban J connectivity index is 3.85. The highest BCUT2D eigenvalue weighted by atomic mass is 19.4. The molecule has 0 aromatic heterocycles. The van der Waals surface area contributed by atoms with Crippen molar-refractivity contribution in [3.05, 3.63) is 0 Å². The minimum atomic E-state index is -7.31. The Morgan fingerprint density at radius 1 is 0.625 bits per heavy atom. The van der Waals surface area contributed by atoms with Crippen molar-refractivity contribution in [1.82, 2.24) is 4.90 Å².